The number of sulfonamides is 1. The van der Waals surface area contributed by atoms with Crippen molar-refractivity contribution in [2.45, 2.75) is 36.6 Å². The van der Waals surface area contributed by atoms with Gasteiger partial charge in [-0.1, -0.05) is 54.1 Å². The van der Waals surface area contributed by atoms with Crippen LogP contribution in [0.3, 0.4) is 0 Å². The maximum atomic E-state index is 14.8. The van der Waals surface area contributed by atoms with E-state index >= 15 is 0 Å². The molecular formula is C29H30N4O9S2-2. The highest BCUT2D eigenvalue weighted by atomic mass is 32.2. The molecule has 3 aromatic rings. The Morgan fingerprint density at radius 1 is 0.909 bits per heavy atom. The zero-order chi connectivity index (χ0) is 32.3. The lowest BCUT2D eigenvalue weighted by atomic mass is 9.77. The van der Waals surface area contributed by atoms with Gasteiger partial charge in [0.25, 0.3) is 26.0 Å². The molecule has 0 saturated heterocycles. The minimum absolute atomic E-state index is 0.0213. The smallest absolute Gasteiger partial charge is 0.273 e. The van der Waals surface area contributed by atoms with Crippen LogP contribution in [0.25, 0.3) is 0 Å². The van der Waals surface area contributed by atoms with E-state index in [1.165, 1.54) is 36.4 Å². The van der Waals surface area contributed by atoms with Gasteiger partial charge in [0, 0.05) is 47.6 Å². The molecule has 1 aliphatic rings. The summed E-state index contributed by atoms with van der Waals surface area (Å²) in [7, 11) is -8.92. The van der Waals surface area contributed by atoms with Gasteiger partial charge in [0.05, 0.1) is 10.6 Å². The number of aliphatic carboxylic acids is 1. The number of rotatable bonds is 12. The number of hydrogen-bond acceptors (Lipinski definition) is 10. The summed E-state index contributed by atoms with van der Waals surface area (Å²) in [4.78, 5) is 31.6. The molecule has 0 atom stereocenters. The van der Waals surface area contributed by atoms with Crippen LogP contribution in [0.15, 0.2) is 82.7 Å². The minimum atomic E-state index is -4.64. The predicted octanol–water partition coefficient (Wildman–Crippen LogP) is 0.391. The van der Waals surface area contributed by atoms with Gasteiger partial charge < -0.3 is 25.6 Å². The molecule has 44 heavy (non-hydrogen) atoms. The lowest BCUT2D eigenvalue weighted by Gasteiger charge is -2.44. The van der Waals surface area contributed by atoms with Crippen LogP contribution in [-0.2, 0) is 35.3 Å². The van der Waals surface area contributed by atoms with Gasteiger partial charge in [0.15, 0.2) is 5.54 Å². The third-order valence-corrected chi connectivity index (χ3v) is 9.72. The van der Waals surface area contributed by atoms with E-state index in [0.717, 1.165) is 5.56 Å². The Morgan fingerprint density at radius 2 is 1.45 bits per heavy atom. The Labute approximate surface area is 255 Å². The number of amides is 1. The number of fused-ring (bicyclic) bond motifs is 2. The maximum Gasteiger partial charge on any atom is 0.273 e. The standard InChI is InChI=1S/C29H32N4O9S2/c1-20-13-15-21(16-14-20)44(41,42)33(18-6-12-26(34)35)27(36)29(31-28(30)37)22-8-2-4-10-24(22)32(17-7-19-43(38,39)40)25-11-5-3-9-23(25)29/h2-5,8-11,13-16H,6-7,12,17-19H2,1H3,(H,34,35)(H3,30,31,37)(H,38,39,40)/p-2. The zero-order valence-electron chi connectivity index (χ0n) is 23.6. The van der Waals surface area contributed by atoms with Gasteiger partial charge in [-0.15, -0.1) is 0 Å². The maximum absolute atomic E-state index is 14.8. The van der Waals surface area contributed by atoms with Crippen LogP contribution >= 0.6 is 0 Å². The Morgan fingerprint density at radius 3 is 1.95 bits per heavy atom. The molecule has 0 spiro atoms. The number of carboxylic acids is 1. The first kappa shape index (κ1) is 32.4. The van der Waals surface area contributed by atoms with Crippen LogP contribution in [0.1, 0.15) is 36.0 Å². The summed E-state index contributed by atoms with van der Waals surface area (Å²) in [6.07, 6.45) is -0.870. The number of benzene rings is 3. The highest BCUT2D eigenvalue weighted by Gasteiger charge is 2.53. The van der Waals surface area contributed by atoms with E-state index in [-0.39, 0.29) is 35.4 Å². The van der Waals surface area contributed by atoms with E-state index in [4.69, 9.17) is 5.73 Å². The van der Waals surface area contributed by atoms with Crippen molar-refractivity contribution in [1.29, 1.82) is 0 Å². The van der Waals surface area contributed by atoms with Gasteiger partial charge in [-0.3, -0.25) is 14.3 Å². The van der Waals surface area contributed by atoms with Crippen molar-refractivity contribution in [3.63, 3.8) is 0 Å². The lowest BCUT2D eigenvalue weighted by Crippen LogP contribution is -2.53. The Bertz CT molecular complexity index is 1760. The number of carboxylic acid groups (broad SMARTS) is 1. The molecular weight excluding hydrogens is 612 g/mol. The topological polar surface area (TPSA) is 214 Å². The minimum Gasteiger partial charge on any atom is -0.846 e. The Hall–Kier alpha value is -4.47. The predicted molar refractivity (Wildman–Crippen MR) is 158 cm³/mol. The monoisotopic (exact) mass is 642 g/mol. The third kappa shape index (κ3) is 6.54. The second-order valence-corrected chi connectivity index (χ2v) is 13.6. The fourth-order valence-corrected chi connectivity index (χ4v) is 7.18. The summed E-state index contributed by atoms with van der Waals surface area (Å²) < 4.78 is 60.8. The number of aliphatic imine (C=N–C) groups is 1. The average molecular weight is 643 g/mol. The van der Waals surface area contributed by atoms with Crippen LogP contribution in [0, 0.1) is 6.92 Å². The van der Waals surface area contributed by atoms with Crippen molar-refractivity contribution in [2.24, 2.45) is 10.7 Å². The average Bonchev–Trinajstić information content (AvgIpc) is 2.95. The molecule has 4 rings (SSSR count). The Kier molecular flexibility index (Phi) is 9.32. The number of carbonyl (C=O) groups is 2. The summed E-state index contributed by atoms with van der Waals surface area (Å²) in [6, 6.07) is 16.9. The fraction of sp³-hybridized carbons (Fsp3) is 0.276. The van der Waals surface area contributed by atoms with Crippen LogP contribution < -0.4 is 20.8 Å². The van der Waals surface area contributed by atoms with E-state index in [0.29, 0.717) is 15.7 Å². The molecule has 13 nitrogen and oxygen atoms in total. The van der Waals surface area contributed by atoms with E-state index in [2.05, 4.69) is 4.99 Å². The van der Waals surface area contributed by atoms with E-state index < -0.39 is 62.3 Å². The zero-order valence-corrected chi connectivity index (χ0v) is 25.3. The molecule has 0 fully saturated rings. The van der Waals surface area contributed by atoms with Crippen LogP contribution in [0.4, 0.5) is 11.4 Å². The molecule has 15 heteroatoms. The fourth-order valence-electron chi connectivity index (χ4n) is 5.23. The van der Waals surface area contributed by atoms with Crippen LogP contribution in [-0.4, -0.2) is 62.4 Å². The Balaban J connectivity index is 1.97. The van der Waals surface area contributed by atoms with Gasteiger partial charge in [-0.05, 0) is 50.5 Å². The van der Waals surface area contributed by atoms with E-state index in [1.54, 1.807) is 48.2 Å². The van der Waals surface area contributed by atoms with Crippen LogP contribution in [0.5, 0.6) is 0 Å². The summed E-state index contributed by atoms with van der Waals surface area (Å²) in [5.74, 6) is -3.17. The van der Waals surface area contributed by atoms with Gasteiger partial charge in [-0.25, -0.2) is 12.7 Å². The van der Waals surface area contributed by atoms with Gasteiger partial charge in [0.1, 0.15) is 0 Å². The molecule has 3 aromatic carbocycles. The van der Waals surface area contributed by atoms with Gasteiger partial charge in [0.2, 0.25) is 0 Å². The molecule has 0 aromatic heterocycles. The van der Waals surface area contributed by atoms with Gasteiger partial charge in [-0.2, -0.15) is 8.42 Å². The first-order valence-corrected chi connectivity index (χ1v) is 16.5. The second-order valence-electron chi connectivity index (χ2n) is 10.2. The molecule has 0 unspecified atom stereocenters. The molecule has 0 radical (unpaired) electrons. The number of hydrogen-bond donors (Lipinski definition) is 2. The summed E-state index contributed by atoms with van der Waals surface area (Å²) in [6.45, 7) is 1.21. The van der Waals surface area contributed by atoms with Crippen molar-refractivity contribution >= 4 is 49.4 Å². The number of aryl methyl sites for hydroxylation is 1. The van der Waals surface area contributed by atoms with Crippen LogP contribution in [0.2, 0.25) is 0 Å². The first-order chi connectivity index (χ1) is 20.7. The molecule has 0 saturated carbocycles. The molecule has 3 N–H and O–H groups in total. The molecule has 1 amide bonds. The van der Waals surface area contributed by atoms with Crippen molar-refractivity contribution in [1.82, 2.24) is 4.31 Å². The number of para-hydroxylation sites is 2. The summed E-state index contributed by atoms with van der Waals surface area (Å²) >= 11 is 0. The SMILES string of the molecule is Cc1ccc(S(=O)(=O)N(CCCC(=O)[O-])C(=O)C2(N=C(N)[O-])c3ccccc3N(CCCS(=O)(=O)O)c3ccccc32)cc1. The molecule has 0 bridgehead atoms. The largest absolute Gasteiger partial charge is 0.846 e. The first-order valence-electron chi connectivity index (χ1n) is 13.5. The highest BCUT2D eigenvalue weighted by molar-refractivity contribution is 7.89. The summed E-state index contributed by atoms with van der Waals surface area (Å²) in [5.41, 5.74) is 4.78. The van der Waals surface area contributed by atoms with Crippen molar-refractivity contribution in [3.05, 3.63) is 89.5 Å². The molecule has 1 heterocycles. The second kappa shape index (κ2) is 12.6. The van der Waals surface area contributed by atoms with E-state index in [1.807, 2.05) is 0 Å². The van der Waals surface area contributed by atoms with E-state index in [9.17, 15) is 41.2 Å². The number of nitrogens with zero attached hydrogens (tertiary/aromatic N) is 3. The number of nitrogens with two attached hydrogens (primary N) is 1. The summed E-state index contributed by atoms with van der Waals surface area (Å²) in [5, 5.41) is 23.8. The molecule has 1 aliphatic heterocycles. The normalized spacial score (nSPS) is 14.4. The molecule has 0 aliphatic carbocycles. The number of amidine groups is 1. The van der Waals surface area contributed by atoms with Crippen molar-refractivity contribution in [2.75, 3.05) is 23.7 Å². The van der Waals surface area contributed by atoms with Crippen molar-refractivity contribution < 1.29 is 41.2 Å². The lowest BCUT2D eigenvalue weighted by molar-refractivity contribution is -0.305. The van der Waals surface area contributed by atoms with Gasteiger partial charge >= 0.3 is 0 Å². The highest BCUT2D eigenvalue weighted by Crippen LogP contribution is 2.51. The third-order valence-electron chi connectivity index (χ3n) is 7.12. The molecule has 234 valence electrons. The number of anilines is 2. The quantitative estimate of drug-likeness (QED) is 0.157. The van der Waals surface area contributed by atoms with Crippen molar-refractivity contribution in [3.8, 4) is 0 Å². The number of carbonyl (C=O) groups excluding carboxylic acids is 2.